The SMILES string of the molecule is COc1ccc(CCNC(=O)C(Cc2ccccc2)N(Cc2ccccc2)C(=O)COc2ccc(S(=O)(=O)Nc3ccc(F)cc3)cc2)cc1. The van der Waals surface area contributed by atoms with Crippen molar-refractivity contribution in [3.05, 3.63) is 156 Å². The molecule has 2 N–H and O–H groups in total. The Morgan fingerprint density at radius 2 is 1.34 bits per heavy atom. The lowest BCUT2D eigenvalue weighted by atomic mass is 10.0. The molecule has 0 aliphatic rings. The largest absolute Gasteiger partial charge is 0.497 e. The molecule has 0 spiro atoms. The van der Waals surface area contributed by atoms with Gasteiger partial charge in [0, 0.05) is 25.2 Å². The zero-order valence-electron chi connectivity index (χ0n) is 27.5. The van der Waals surface area contributed by atoms with E-state index in [-0.39, 0.29) is 35.2 Å². The number of ether oxygens (including phenoxy) is 2. The minimum absolute atomic E-state index is 0.0413. The first-order valence-electron chi connectivity index (χ1n) is 16.0. The third-order valence-corrected chi connectivity index (χ3v) is 9.33. The molecule has 2 amide bonds. The highest BCUT2D eigenvalue weighted by molar-refractivity contribution is 7.92. The van der Waals surface area contributed by atoms with Crippen molar-refractivity contribution in [3.8, 4) is 11.5 Å². The molecule has 0 radical (unpaired) electrons. The molecule has 0 aliphatic heterocycles. The summed E-state index contributed by atoms with van der Waals surface area (Å²) in [5.74, 6) is -0.187. The fraction of sp³-hybridized carbons (Fsp3) is 0.179. The number of halogens is 1. The Kier molecular flexibility index (Phi) is 12.2. The predicted molar refractivity (Wildman–Crippen MR) is 190 cm³/mol. The number of benzene rings is 5. The lowest BCUT2D eigenvalue weighted by molar-refractivity contribution is -0.142. The average molecular weight is 696 g/mol. The summed E-state index contributed by atoms with van der Waals surface area (Å²) in [5.41, 5.74) is 2.97. The molecular formula is C39H38FN3O6S. The van der Waals surface area contributed by atoms with Gasteiger partial charge in [0.05, 0.1) is 12.0 Å². The lowest BCUT2D eigenvalue weighted by Gasteiger charge is -2.31. The molecule has 258 valence electrons. The van der Waals surface area contributed by atoms with Crippen LogP contribution < -0.4 is 19.5 Å². The Hall–Kier alpha value is -5.68. The molecule has 1 unspecified atom stereocenters. The standard InChI is InChI=1S/C39H38FN3O6S/c1-48-34-18-12-29(13-19-34)24-25-41-39(45)37(26-30-8-4-2-5-9-30)43(27-31-10-6-3-7-11-31)38(44)28-49-35-20-22-36(23-21-35)50(46,47)42-33-16-14-32(40)15-17-33/h2-23,37,42H,24-28H2,1H3,(H,41,45). The zero-order valence-corrected chi connectivity index (χ0v) is 28.3. The van der Waals surface area contributed by atoms with Gasteiger partial charge in [-0.15, -0.1) is 0 Å². The number of sulfonamides is 1. The maximum atomic E-state index is 13.9. The molecule has 50 heavy (non-hydrogen) atoms. The van der Waals surface area contributed by atoms with E-state index in [0.717, 1.165) is 34.6 Å². The Bertz CT molecular complexity index is 1940. The third-order valence-electron chi connectivity index (χ3n) is 7.93. The molecule has 5 aromatic carbocycles. The highest BCUT2D eigenvalue weighted by Crippen LogP contribution is 2.21. The number of carbonyl (C=O) groups is 2. The van der Waals surface area contributed by atoms with Crippen LogP contribution in [0.3, 0.4) is 0 Å². The summed E-state index contributed by atoms with van der Waals surface area (Å²) in [6, 6.07) is 36.2. The minimum Gasteiger partial charge on any atom is -0.497 e. The van der Waals surface area contributed by atoms with Crippen molar-refractivity contribution in [3.63, 3.8) is 0 Å². The molecule has 0 saturated carbocycles. The second kappa shape index (κ2) is 17.1. The van der Waals surface area contributed by atoms with Crippen LogP contribution >= 0.6 is 0 Å². The zero-order chi connectivity index (χ0) is 35.3. The van der Waals surface area contributed by atoms with E-state index < -0.39 is 34.4 Å². The van der Waals surface area contributed by atoms with Gasteiger partial charge in [-0.1, -0.05) is 72.8 Å². The number of nitrogens with one attached hydrogen (secondary N) is 2. The number of anilines is 1. The van der Waals surface area contributed by atoms with Crippen molar-refractivity contribution in [1.29, 1.82) is 0 Å². The van der Waals surface area contributed by atoms with Gasteiger partial charge in [-0.2, -0.15) is 0 Å². The van der Waals surface area contributed by atoms with Gasteiger partial charge in [-0.3, -0.25) is 14.3 Å². The summed E-state index contributed by atoms with van der Waals surface area (Å²) in [6.45, 7) is 0.140. The monoisotopic (exact) mass is 695 g/mol. The molecule has 5 rings (SSSR count). The molecular weight excluding hydrogens is 658 g/mol. The van der Waals surface area contributed by atoms with Crippen molar-refractivity contribution in [2.24, 2.45) is 0 Å². The molecule has 11 heteroatoms. The Morgan fingerprint density at radius 1 is 0.740 bits per heavy atom. The molecule has 0 saturated heterocycles. The summed E-state index contributed by atoms with van der Waals surface area (Å²) in [7, 11) is -2.35. The number of nitrogens with zero attached hydrogens (tertiary/aromatic N) is 1. The number of rotatable bonds is 16. The predicted octanol–water partition coefficient (Wildman–Crippen LogP) is 6.01. The minimum atomic E-state index is -3.95. The first-order chi connectivity index (χ1) is 24.2. The van der Waals surface area contributed by atoms with E-state index in [0.29, 0.717) is 13.0 Å². The molecule has 0 fully saturated rings. The summed E-state index contributed by atoms with van der Waals surface area (Å²) in [6.07, 6.45) is 0.871. The number of amides is 2. The lowest BCUT2D eigenvalue weighted by Crippen LogP contribution is -2.52. The van der Waals surface area contributed by atoms with E-state index in [2.05, 4.69) is 10.0 Å². The van der Waals surface area contributed by atoms with Gasteiger partial charge in [-0.25, -0.2) is 12.8 Å². The summed E-state index contributed by atoms with van der Waals surface area (Å²) in [4.78, 5) is 29.3. The van der Waals surface area contributed by atoms with Crippen LogP contribution in [-0.4, -0.2) is 51.4 Å². The van der Waals surface area contributed by atoms with Crippen molar-refractivity contribution >= 4 is 27.5 Å². The van der Waals surface area contributed by atoms with E-state index in [1.54, 1.807) is 7.11 Å². The normalized spacial score (nSPS) is 11.6. The summed E-state index contributed by atoms with van der Waals surface area (Å²) in [5, 5.41) is 3.03. The smallest absolute Gasteiger partial charge is 0.261 e. The van der Waals surface area contributed by atoms with Gasteiger partial charge >= 0.3 is 0 Å². The number of methoxy groups -OCH3 is 1. The highest BCUT2D eigenvalue weighted by Gasteiger charge is 2.30. The molecule has 1 atom stereocenters. The fourth-order valence-electron chi connectivity index (χ4n) is 5.25. The average Bonchev–Trinajstić information content (AvgIpc) is 3.14. The number of hydrogen-bond donors (Lipinski definition) is 2. The van der Waals surface area contributed by atoms with Gasteiger partial charge < -0.3 is 19.7 Å². The Balaban J connectivity index is 1.31. The van der Waals surface area contributed by atoms with E-state index in [4.69, 9.17) is 9.47 Å². The van der Waals surface area contributed by atoms with Crippen LogP contribution in [0.2, 0.25) is 0 Å². The number of hydrogen-bond acceptors (Lipinski definition) is 6. The Morgan fingerprint density at radius 3 is 1.96 bits per heavy atom. The summed E-state index contributed by atoms with van der Waals surface area (Å²) < 4.78 is 52.4. The van der Waals surface area contributed by atoms with E-state index in [9.17, 15) is 22.4 Å². The molecule has 5 aromatic rings. The third kappa shape index (κ3) is 10.2. The molecule has 0 aliphatic carbocycles. The van der Waals surface area contributed by atoms with Gasteiger partial charge in [0.15, 0.2) is 6.61 Å². The topological polar surface area (TPSA) is 114 Å². The quantitative estimate of drug-likeness (QED) is 0.131. The van der Waals surface area contributed by atoms with Crippen LogP contribution in [0.25, 0.3) is 0 Å². The molecule has 0 aromatic heterocycles. The molecule has 0 heterocycles. The first-order valence-corrected chi connectivity index (χ1v) is 17.5. The van der Waals surface area contributed by atoms with Crippen molar-refractivity contribution in [2.45, 2.75) is 30.3 Å². The van der Waals surface area contributed by atoms with Gasteiger partial charge in [0.2, 0.25) is 5.91 Å². The van der Waals surface area contributed by atoms with Crippen LogP contribution in [0.5, 0.6) is 11.5 Å². The van der Waals surface area contributed by atoms with Crippen LogP contribution in [-0.2, 0) is 39.0 Å². The van der Waals surface area contributed by atoms with Crippen LogP contribution in [0, 0.1) is 5.82 Å². The number of carbonyl (C=O) groups excluding carboxylic acids is 2. The Labute approximate surface area is 291 Å². The van der Waals surface area contributed by atoms with E-state index in [1.807, 2.05) is 84.9 Å². The van der Waals surface area contributed by atoms with E-state index >= 15 is 0 Å². The fourth-order valence-corrected chi connectivity index (χ4v) is 6.31. The van der Waals surface area contributed by atoms with Crippen molar-refractivity contribution < 1.29 is 31.9 Å². The van der Waals surface area contributed by atoms with Gasteiger partial charge in [-0.05, 0) is 83.8 Å². The van der Waals surface area contributed by atoms with Gasteiger partial charge in [0.25, 0.3) is 15.9 Å². The van der Waals surface area contributed by atoms with Crippen LogP contribution in [0.4, 0.5) is 10.1 Å². The van der Waals surface area contributed by atoms with Crippen LogP contribution in [0.15, 0.2) is 138 Å². The highest BCUT2D eigenvalue weighted by atomic mass is 32.2. The first kappa shape index (κ1) is 35.6. The van der Waals surface area contributed by atoms with Crippen molar-refractivity contribution in [2.75, 3.05) is 25.0 Å². The van der Waals surface area contributed by atoms with Gasteiger partial charge in [0.1, 0.15) is 23.4 Å². The maximum Gasteiger partial charge on any atom is 0.261 e. The second-order valence-electron chi connectivity index (χ2n) is 11.5. The summed E-state index contributed by atoms with van der Waals surface area (Å²) >= 11 is 0. The van der Waals surface area contributed by atoms with Crippen LogP contribution in [0.1, 0.15) is 16.7 Å². The maximum absolute atomic E-state index is 13.9. The molecule has 9 nitrogen and oxygen atoms in total. The second-order valence-corrected chi connectivity index (χ2v) is 13.2. The molecule has 0 bridgehead atoms. The van der Waals surface area contributed by atoms with Crippen molar-refractivity contribution in [1.82, 2.24) is 10.2 Å². The van der Waals surface area contributed by atoms with E-state index in [1.165, 1.54) is 41.3 Å².